The predicted octanol–water partition coefficient (Wildman–Crippen LogP) is 2.16. The third-order valence-corrected chi connectivity index (χ3v) is 5.93. The summed E-state index contributed by atoms with van der Waals surface area (Å²) in [6, 6.07) is 9.40. The molecule has 5 N–H and O–H groups in total. The number of nitrogens with two attached hydrogens (primary N) is 2. The molecule has 1 aromatic carbocycles. The van der Waals surface area contributed by atoms with Crippen LogP contribution in [0.15, 0.2) is 30.3 Å². The number of hydrazine groups is 1. The van der Waals surface area contributed by atoms with Crippen molar-refractivity contribution in [2.75, 3.05) is 6.54 Å². The summed E-state index contributed by atoms with van der Waals surface area (Å²) in [5.74, 6) is -3.28. The van der Waals surface area contributed by atoms with Crippen molar-refractivity contribution in [2.24, 2.45) is 23.3 Å². The van der Waals surface area contributed by atoms with Crippen LogP contribution < -0.4 is 16.9 Å². The number of carbonyl (C=O) groups is 4. The van der Waals surface area contributed by atoms with Gasteiger partial charge in [-0.1, -0.05) is 74.0 Å². The molecule has 0 heterocycles. The maximum atomic E-state index is 13.5. The van der Waals surface area contributed by atoms with Gasteiger partial charge in [0.05, 0.1) is 6.54 Å². The van der Waals surface area contributed by atoms with Crippen LogP contribution >= 0.6 is 11.6 Å². The van der Waals surface area contributed by atoms with Gasteiger partial charge in [-0.3, -0.25) is 19.8 Å². The lowest BCUT2D eigenvalue weighted by Crippen LogP contribution is -2.55. The molecule has 1 unspecified atom stereocenters. The van der Waals surface area contributed by atoms with Crippen LogP contribution in [0, 0.1) is 11.8 Å². The van der Waals surface area contributed by atoms with Gasteiger partial charge in [0, 0.05) is 12.3 Å². The molecule has 9 nitrogen and oxygen atoms in total. The molecular weight excluding hydrogens is 455 g/mol. The first-order valence-electron chi connectivity index (χ1n) is 10.9. The Labute approximate surface area is 196 Å². The molecule has 0 spiro atoms. The number of rotatable bonds is 10. The fourth-order valence-corrected chi connectivity index (χ4v) is 4.31. The van der Waals surface area contributed by atoms with Crippen molar-refractivity contribution in [3.63, 3.8) is 0 Å². The molecule has 4 amide bonds. The maximum Gasteiger partial charge on any atom is 0.405 e. The second kappa shape index (κ2) is 13.0. The van der Waals surface area contributed by atoms with Crippen molar-refractivity contribution in [3.8, 4) is 0 Å². The highest BCUT2D eigenvalue weighted by Gasteiger charge is 2.39. The summed E-state index contributed by atoms with van der Waals surface area (Å²) in [5.41, 5.74) is 11.1. The minimum absolute atomic E-state index is 0.0609. The van der Waals surface area contributed by atoms with E-state index >= 15 is 0 Å². The zero-order valence-electron chi connectivity index (χ0n) is 18.3. The number of halogens is 2. The summed E-state index contributed by atoms with van der Waals surface area (Å²) in [6.07, 6.45) is 2.28. The number of alkyl halides is 2. The van der Waals surface area contributed by atoms with Gasteiger partial charge in [-0.15, -0.1) is 0 Å². The molecule has 0 bridgehead atoms. The Kier molecular flexibility index (Phi) is 10.4. The molecule has 11 heteroatoms. The zero-order valence-corrected chi connectivity index (χ0v) is 19.0. The van der Waals surface area contributed by atoms with Crippen molar-refractivity contribution < 1.29 is 28.3 Å². The van der Waals surface area contributed by atoms with E-state index in [4.69, 9.17) is 27.8 Å². The van der Waals surface area contributed by atoms with Crippen LogP contribution in [0.1, 0.15) is 44.1 Å². The second-order valence-corrected chi connectivity index (χ2v) is 8.48. The fourth-order valence-electron chi connectivity index (χ4n) is 4.19. The van der Waals surface area contributed by atoms with Crippen molar-refractivity contribution in [3.05, 3.63) is 35.9 Å². The molecule has 1 aliphatic carbocycles. The average molecular weight is 485 g/mol. The molecule has 1 aromatic rings. The van der Waals surface area contributed by atoms with Crippen molar-refractivity contribution in [1.82, 2.24) is 10.4 Å². The lowest BCUT2D eigenvalue weighted by molar-refractivity contribution is -0.149. The Morgan fingerprint density at radius 2 is 1.76 bits per heavy atom. The average Bonchev–Trinajstić information content (AvgIpc) is 2.79. The number of amides is 4. The first-order chi connectivity index (χ1) is 15.7. The normalized spacial score (nSPS) is 16.8. The number of primary amides is 2. The summed E-state index contributed by atoms with van der Waals surface area (Å²) in [7, 11) is 0. The number of nitrogens with zero attached hydrogens (tertiary/aromatic N) is 1. The zero-order chi connectivity index (χ0) is 24.4. The first kappa shape index (κ1) is 26.4. The lowest BCUT2D eigenvalue weighted by atomic mass is 9.74. The summed E-state index contributed by atoms with van der Waals surface area (Å²) in [5, 5.41) is 0.572. The largest absolute Gasteiger partial charge is 0.436 e. The van der Waals surface area contributed by atoms with Crippen LogP contribution in [-0.2, 0) is 25.5 Å². The standard InChI is InChI=1S/C22H30ClFN4O5/c23-19(24)21(31)28(12-11-17(25)29)27-20(30)18(33-22(26)32)16(15-9-5-2-6-10-15)13-14-7-3-1-4-8-14/h1,3-4,7-8,15-16,18-19H,2,5-6,9-13H2,(H2,25,29)(H2,26,32)(H,27,30)/t16?,18-,19-/m0/s1. The maximum absolute atomic E-state index is 13.5. The number of hydrogen-bond donors (Lipinski definition) is 3. The van der Waals surface area contributed by atoms with Gasteiger partial charge in [0.1, 0.15) is 0 Å². The van der Waals surface area contributed by atoms with E-state index in [2.05, 4.69) is 5.43 Å². The summed E-state index contributed by atoms with van der Waals surface area (Å²) < 4.78 is 18.7. The number of benzene rings is 1. The Bertz CT molecular complexity index is 820. The van der Waals surface area contributed by atoms with Crippen LogP contribution in [-0.4, -0.2) is 47.1 Å². The van der Waals surface area contributed by atoms with Gasteiger partial charge in [-0.2, -0.15) is 0 Å². The summed E-state index contributed by atoms with van der Waals surface area (Å²) >= 11 is 5.25. The van der Waals surface area contributed by atoms with E-state index in [1.807, 2.05) is 30.3 Å². The molecule has 182 valence electrons. The van der Waals surface area contributed by atoms with Gasteiger partial charge in [0.25, 0.3) is 17.4 Å². The van der Waals surface area contributed by atoms with E-state index in [1.165, 1.54) is 0 Å². The van der Waals surface area contributed by atoms with E-state index in [-0.39, 0.29) is 12.3 Å². The molecule has 1 fully saturated rings. The Balaban J connectivity index is 2.32. The molecule has 2 rings (SSSR count). The smallest absolute Gasteiger partial charge is 0.405 e. The number of carbonyl (C=O) groups excluding carboxylic acids is 4. The summed E-state index contributed by atoms with van der Waals surface area (Å²) in [6.45, 7) is -0.400. The van der Waals surface area contributed by atoms with Gasteiger partial charge in [-0.25, -0.2) is 14.2 Å². The molecule has 1 aliphatic rings. The first-order valence-corrected chi connectivity index (χ1v) is 11.3. The minimum atomic E-state index is -2.45. The predicted molar refractivity (Wildman–Crippen MR) is 119 cm³/mol. The van der Waals surface area contributed by atoms with E-state index < -0.39 is 48.0 Å². The van der Waals surface area contributed by atoms with Crippen LogP contribution in [0.25, 0.3) is 0 Å². The van der Waals surface area contributed by atoms with Crippen LogP contribution in [0.2, 0.25) is 0 Å². The van der Waals surface area contributed by atoms with Gasteiger partial charge >= 0.3 is 6.09 Å². The topological polar surface area (TPSA) is 145 Å². The monoisotopic (exact) mass is 484 g/mol. The van der Waals surface area contributed by atoms with Crippen molar-refractivity contribution in [1.29, 1.82) is 0 Å². The molecule has 3 atom stereocenters. The van der Waals surface area contributed by atoms with E-state index in [9.17, 15) is 23.6 Å². The Morgan fingerprint density at radius 3 is 2.30 bits per heavy atom. The van der Waals surface area contributed by atoms with Gasteiger partial charge < -0.3 is 16.2 Å². The van der Waals surface area contributed by atoms with Crippen molar-refractivity contribution in [2.45, 2.75) is 56.7 Å². The molecule has 0 radical (unpaired) electrons. The highest BCUT2D eigenvalue weighted by molar-refractivity contribution is 6.29. The second-order valence-electron chi connectivity index (χ2n) is 8.09. The molecule has 0 aliphatic heterocycles. The van der Waals surface area contributed by atoms with E-state index in [0.717, 1.165) is 37.7 Å². The van der Waals surface area contributed by atoms with Crippen molar-refractivity contribution >= 4 is 35.4 Å². The molecule has 0 aromatic heterocycles. The SMILES string of the molecule is NC(=O)CCN(NC(=O)[C@@H](OC(N)=O)C(Cc1ccccc1)C1CCCCC1)C(=O)[C@H](F)Cl. The van der Waals surface area contributed by atoms with Gasteiger partial charge in [-0.05, 0) is 17.9 Å². The lowest BCUT2D eigenvalue weighted by Gasteiger charge is -2.35. The van der Waals surface area contributed by atoms with E-state index in [1.54, 1.807) is 0 Å². The Hall–Kier alpha value is -2.88. The molecule has 33 heavy (non-hydrogen) atoms. The number of nitrogens with one attached hydrogen (secondary N) is 1. The Morgan fingerprint density at radius 1 is 1.12 bits per heavy atom. The van der Waals surface area contributed by atoms with Crippen LogP contribution in [0.3, 0.4) is 0 Å². The molecular formula is C22H30ClFN4O5. The molecule has 0 saturated heterocycles. The number of ether oxygens (including phenoxy) is 1. The van der Waals surface area contributed by atoms with Gasteiger partial charge in [0.15, 0.2) is 6.10 Å². The van der Waals surface area contributed by atoms with Gasteiger partial charge in [0.2, 0.25) is 5.91 Å². The van der Waals surface area contributed by atoms with Crippen LogP contribution in [0.5, 0.6) is 0 Å². The fraction of sp³-hybridized carbons (Fsp3) is 0.545. The molecule has 1 saturated carbocycles. The minimum Gasteiger partial charge on any atom is -0.436 e. The van der Waals surface area contributed by atoms with Crippen LogP contribution in [0.4, 0.5) is 9.18 Å². The highest BCUT2D eigenvalue weighted by atomic mass is 35.5. The number of hydrogen-bond acceptors (Lipinski definition) is 5. The quantitative estimate of drug-likeness (QED) is 0.344. The third kappa shape index (κ3) is 8.53. The summed E-state index contributed by atoms with van der Waals surface area (Å²) in [4.78, 5) is 48.2. The third-order valence-electron chi connectivity index (χ3n) is 5.74. The highest BCUT2D eigenvalue weighted by Crippen LogP contribution is 2.35. The van der Waals surface area contributed by atoms with E-state index in [0.29, 0.717) is 11.4 Å².